The predicted octanol–water partition coefficient (Wildman–Crippen LogP) is 2.82. The fourth-order valence-electron chi connectivity index (χ4n) is 2.06. The highest BCUT2D eigenvalue weighted by Gasteiger charge is 2.13. The Kier molecular flexibility index (Phi) is 2.98. The minimum absolute atomic E-state index is 0.336. The quantitative estimate of drug-likeness (QED) is 0.690. The van der Waals surface area contributed by atoms with Gasteiger partial charge in [-0.05, 0) is 26.0 Å². The standard InChI is InChI=1S/C13H13ClN4O/c1-8-3-4-11-13(15-8)18(12(6-14)16-11)7-10-5-9(2)17-19-10/h3-5H,6-7H2,1-2H3. The van der Waals surface area contributed by atoms with E-state index in [9.17, 15) is 0 Å². The van der Waals surface area contributed by atoms with Crippen molar-refractivity contribution < 1.29 is 4.52 Å². The normalized spacial score (nSPS) is 11.3. The minimum Gasteiger partial charge on any atom is -0.359 e. The Hall–Kier alpha value is -1.88. The molecule has 3 heterocycles. The molecule has 3 rings (SSSR count). The summed E-state index contributed by atoms with van der Waals surface area (Å²) < 4.78 is 7.21. The highest BCUT2D eigenvalue weighted by Crippen LogP contribution is 2.18. The summed E-state index contributed by atoms with van der Waals surface area (Å²) in [4.78, 5) is 9.01. The summed E-state index contributed by atoms with van der Waals surface area (Å²) in [6.45, 7) is 4.38. The number of fused-ring (bicyclic) bond motifs is 1. The summed E-state index contributed by atoms with van der Waals surface area (Å²) in [5.41, 5.74) is 3.47. The SMILES string of the molecule is Cc1cc(Cn2c(CCl)nc3ccc(C)nc32)on1. The van der Waals surface area contributed by atoms with E-state index in [0.29, 0.717) is 12.4 Å². The molecule has 0 saturated heterocycles. The molecule has 0 N–H and O–H groups in total. The number of aromatic nitrogens is 4. The highest BCUT2D eigenvalue weighted by atomic mass is 35.5. The van der Waals surface area contributed by atoms with Gasteiger partial charge in [0.2, 0.25) is 0 Å². The van der Waals surface area contributed by atoms with Crippen molar-refractivity contribution in [2.75, 3.05) is 0 Å². The Labute approximate surface area is 115 Å². The van der Waals surface area contributed by atoms with Gasteiger partial charge in [0.1, 0.15) is 11.3 Å². The first-order valence-electron chi connectivity index (χ1n) is 5.98. The van der Waals surface area contributed by atoms with Gasteiger partial charge in [-0.2, -0.15) is 0 Å². The van der Waals surface area contributed by atoms with Crippen molar-refractivity contribution in [3.63, 3.8) is 0 Å². The molecular formula is C13H13ClN4O. The number of hydrogen-bond acceptors (Lipinski definition) is 4. The molecule has 3 aromatic rings. The third-order valence-electron chi connectivity index (χ3n) is 2.92. The van der Waals surface area contributed by atoms with Crippen LogP contribution in [0.25, 0.3) is 11.2 Å². The molecule has 0 radical (unpaired) electrons. The summed E-state index contributed by atoms with van der Waals surface area (Å²) in [5.74, 6) is 1.89. The number of hydrogen-bond donors (Lipinski definition) is 0. The zero-order chi connectivity index (χ0) is 13.4. The average molecular weight is 277 g/mol. The Morgan fingerprint density at radius 2 is 2.05 bits per heavy atom. The van der Waals surface area contributed by atoms with Crippen LogP contribution in [0.5, 0.6) is 0 Å². The molecule has 0 fully saturated rings. The smallest absolute Gasteiger partial charge is 0.160 e. The molecule has 0 amide bonds. The van der Waals surface area contributed by atoms with Gasteiger partial charge in [-0.15, -0.1) is 11.6 Å². The maximum Gasteiger partial charge on any atom is 0.160 e. The van der Waals surface area contributed by atoms with Crippen LogP contribution in [0.3, 0.4) is 0 Å². The average Bonchev–Trinajstić information content (AvgIpc) is 2.94. The van der Waals surface area contributed by atoms with E-state index in [-0.39, 0.29) is 0 Å². The number of alkyl halides is 1. The molecular weight excluding hydrogens is 264 g/mol. The van der Waals surface area contributed by atoms with E-state index in [1.807, 2.05) is 36.6 Å². The number of rotatable bonds is 3. The largest absolute Gasteiger partial charge is 0.359 e. The summed E-state index contributed by atoms with van der Waals surface area (Å²) in [5, 5.41) is 3.89. The molecule has 3 aromatic heterocycles. The lowest BCUT2D eigenvalue weighted by Crippen LogP contribution is -2.04. The van der Waals surface area contributed by atoms with Crippen LogP contribution in [0.1, 0.15) is 23.0 Å². The Morgan fingerprint density at radius 3 is 2.74 bits per heavy atom. The van der Waals surface area contributed by atoms with E-state index < -0.39 is 0 Å². The van der Waals surface area contributed by atoms with Crippen LogP contribution in [0.4, 0.5) is 0 Å². The van der Waals surface area contributed by atoms with Gasteiger partial charge in [0, 0.05) is 11.8 Å². The molecule has 0 aliphatic rings. The maximum atomic E-state index is 5.96. The summed E-state index contributed by atoms with van der Waals surface area (Å²) >= 11 is 5.96. The minimum atomic E-state index is 0.336. The number of pyridine rings is 1. The lowest BCUT2D eigenvalue weighted by molar-refractivity contribution is 0.373. The van der Waals surface area contributed by atoms with Crippen molar-refractivity contribution in [3.8, 4) is 0 Å². The van der Waals surface area contributed by atoms with Crippen LogP contribution in [0.2, 0.25) is 0 Å². The zero-order valence-electron chi connectivity index (χ0n) is 10.7. The molecule has 6 heteroatoms. The van der Waals surface area contributed by atoms with Crippen molar-refractivity contribution >= 4 is 22.8 Å². The molecule has 0 saturated carbocycles. The van der Waals surface area contributed by atoms with Crippen LogP contribution in [0.15, 0.2) is 22.7 Å². The second-order valence-corrected chi connectivity index (χ2v) is 4.75. The molecule has 0 atom stereocenters. The lowest BCUT2D eigenvalue weighted by atomic mass is 10.3. The molecule has 0 aromatic carbocycles. The molecule has 98 valence electrons. The molecule has 0 spiro atoms. The first-order valence-corrected chi connectivity index (χ1v) is 6.52. The summed E-state index contributed by atoms with van der Waals surface area (Å²) in [6, 6.07) is 5.80. The predicted molar refractivity (Wildman–Crippen MR) is 72.2 cm³/mol. The molecule has 5 nitrogen and oxygen atoms in total. The van der Waals surface area contributed by atoms with Crippen molar-refractivity contribution in [1.29, 1.82) is 0 Å². The van der Waals surface area contributed by atoms with Crippen molar-refractivity contribution in [3.05, 3.63) is 41.2 Å². The number of nitrogens with zero attached hydrogens (tertiary/aromatic N) is 4. The Balaban J connectivity index is 2.12. The lowest BCUT2D eigenvalue weighted by Gasteiger charge is -2.04. The second kappa shape index (κ2) is 4.66. The number of halogens is 1. The molecule has 0 aliphatic heterocycles. The summed E-state index contributed by atoms with van der Waals surface area (Å²) in [6.07, 6.45) is 0. The van der Waals surface area contributed by atoms with Gasteiger partial charge in [-0.3, -0.25) is 0 Å². The van der Waals surface area contributed by atoms with E-state index in [2.05, 4.69) is 15.1 Å². The monoisotopic (exact) mass is 276 g/mol. The molecule has 0 unspecified atom stereocenters. The van der Waals surface area contributed by atoms with Crippen molar-refractivity contribution in [1.82, 2.24) is 19.7 Å². The molecule has 0 bridgehead atoms. The van der Waals surface area contributed by atoms with Gasteiger partial charge in [-0.1, -0.05) is 5.16 Å². The number of aryl methyl sites for hydroxylation is 2. The van der Waals surface area contributed by atoms with E-state index in [1.54, 1.807) is 0 Å². The second-order valence-electron chi connectivity index (χ2n) is 4.48. The van der Waals surface area contributed by atoms with Crippen LogP contribution in [0, 0.1) is 13.8 Å². The van der Waals surface area contributed by atoms with Gasteiger partial charge in [0.25, 0.3) is 0 Å². The van der Waals surface area contributed by atoms with Crippen molar-refractivity contribution in [2.24, 2.45) is 0 Å². The molecule has 19 heavy (non-hydrogen) atoms. The van der Waals surface area contributed by atoms with Gasteiger partial charge >= 0.3 is 0 Å². The van der Waals surface area contributed by atoms with E-state index in [4.69, 9.17) is 16.1 Å². The van der Waals surface area contributed by atoms with E-state index >= 15 is 0 Å². The van der Waals surface area contributed by atoms with Crippen LogP contribution in [-0.4, -0.2) is 19.7 Å². The third kappa shape index (κ3) is 2.21. The van der Waals surface area contributed by atoms with Gasteiger partial charge in [0.05, 0.1) is 18.1 Å². The first-order chi connectivity index (χ1) is 9.17. The van der Waals surface area contributed by atoms with Crippen molar-refractivity contribution in [2.45, 2.75) is 26.3 Å². The van der Waals surface area contributed by atoms with Gasteiger partial charge < -0.3 is 9.09 Å². The van der Waals surface area contributed by atoms with Gasteiger partial charge in [0.15, 0.2) is 11.4 Å². The third-order valence-corrected chi connectivity index (χ3v) is 3.16. The fraction of sp³-hybridized carbons (Fsp3) is 0.308. The highest BCUT2D eigenvalue weighted by molar-refractivity contribution is 6.16. The Bertz CT molecular complexity index is 731. The topological polar surface area (TPSA) is 56.7 Å². The van der Waals surface area contributed by atoms with Crippen LogP contribution >= 0.6 is 11.6 Å². The maximum absolute atomic E-state index is 5.96. The van der Waals surface area contributed by atoms with Gasteiger partial charge in [-0.25, -0.2) is 9.97 Å². The summed E-state index contributed by atoms with van der Waals surface area (Å²) in [7, 11) is 0. The van der Waals surface area contributed by atoms with E-state index in [1.165, 1.54) is 0 Å². The van der Waals surface area contributed by atoms with E-state index in [0.717, 1.165) is 34.1 Å². The van der Waals surface area contributed by atoms with Crippen LogP contribution in [-0.2, 0) is 12.4 Å². The first kappa shape index (κ1) is 12.2. The molecule has 0 aliphatic carbocycles. The Morgan fingerprint density at radius 1 is 1.21 bits per heavy atom. The number of imidazole rings is 1. The van der Waals surface area contributed by atoms with Crippen LogP contribution < -0.4 is 0 Å². The zero-order valence-corrected chi connectivity index (χ0v) is 11.5. The fourth-order valence-corrected chi connectivity index (χ4v) is 2.26.